The Kier molecular flexibility index (Phi) is 5.47. The van der Waals surface area contributed by atoms with Crippen molar-refractivity contribution in [2.75, 3.05) is 7.11 Å². The van der Waals surface area contributed by atoms with E-state index in [0.29, 0.717) is 42.9 Å². The van der Waals surface area contributed by atoms with E-state index < -0.39 is 11.3 Å². The summed E-state index contributed by atoms with van der Waals surface area (Å²) < 4.78 is 11.5. The van der Waals surface area contributed by atoms with Gasteiger partial charge in [-0.3, -0.25) is 10.0 Å². The average molecular weight is 404 g/mol. The van der Waals surface area contributed by atoms with Crippen LogP contribution in [0.25, 0.3) is 0 Å². The third-order valence-corrected chi connectivity index (χ3v) is 6.26. The second-order valence-electron chi connectivity index (χ2n) is 8.00. The number of ether oxygens (including phenoxy) is 2. The second kappa shape index (κ2) is 8.21. The molecule has 2 aliphatic rings. The molecular formula is C24H24N2O4. The van der Waals surface area contributed by atoms with Gasteiger partial charge in [-0.25, -0.2) is 5.48 Å². The molecule has 30 heavy (non-hydrogen) atoms. The Balaban J connectivity index is 1.58. The van der Waals surface area contributed by atoms with Crippen molar-refractivity contribution in [3.05, 3.63) is 71.3 Å². The monoisotopic (exact) mass is 404 g/mol. The molecule has 0 saturated heterocycles. The molecule has 0 aromatic heterocycles. The first-order chi connectivity index (χ1) is 14.6. The van der Waals surface area contributed by atoms with Gasteiger partial charge in [0.25, 0.3) is 5.91 Å². The van der Waals surface area contributed by atoms with Crippen molar-refractivity contribution in [3.8, 4) is 17.6 Å². The maximum atomic E-state index is 11.7. The van der Waals surface area contributed by atoms with Gasteiger partial charge in [0, 0.05) is 5.57 Å². The zero-order valence-electron chi connectivity index (χ0n) is 16.8. The second-order valence-corrected chi connectivity index (χ2v) is 8.00. The maximum Gasteiger partial charge on any atom is 0.270 e. The summed E-state index contributed by atoms with van der Waals surface area (Å²) in [4.78, 5) is 11.7. The van der Waals surface area contributed by atoms with Crippen LogP contribution in [0, 0.1) is 23.2 Å². The van der Waals surface area contributed by atoms with Crippen molar-refractivity contribution in [2.24, 2.45) is 11.8 Å². The minimum absolute atomic E-state index is 0.146. The van der Waals surface area contributed by atoms with Gasteiger partial charge >= 0.3 is 0 Å². The highest BCUT2D eigenvalue weighted by molar-refractivity contribution is 5.93. The number of hydroxylamine groups is 1. The highest BCUT2D eigenvalue weighted by Gasteiger charge is 2.49. The first-order valence-corrected chi connectivity index (χ1v) is 10.00. The van der Waals surface area contributed by atoms with Crippen LogP contribution in [0.2, 0.25) is 0 Å². The SMILES string of the molecule is COc1ccc([C@@]2(C#N)C[C@@H]3CC(C(=O)NO)=C[C@@H]3C2)cc1OCc1ccccc1. The Bertz CT molecular complexity index is 1010. The van der Waals surface area contributed by atoms with E-state index in [0.717, 1.165) is 11.1 Å². The van der Waals surface area contributed by atoms with E-state index in [1.54, 1.807) is 12.6 Å². The molecule has 0 aliphatic heterocycles. The lowest BCUT2D eigenvalue weighted by Gasteiger charge is -2.24. The van der Waals surface area contributed by atoms with Gasteiger partial charge in [-0.1, -0.05) is 42.5 Å². The van der Waals surface area contributed by atoms with Crippen LogP contribution in [0.3, 0.4) is 0 Å². The van der Waals surface area contributed by atoms with E-state index in [1.807, 2.05) is 54.6 Å². The van der Waals surface area contributed by atoms with Crippen molar-refractivity contribution in [2.45, 2.75) is 31.3 Å². The first kappa shape index (κ1) is 20.0. The molecule has 4 rings (SSSR count). The molecule has 0 heterocycles. The summed E-state index contributed by atoms with van der Waals surface area (Å²) >= 11 is 0. The van der Waals surface area contributed by atoms with E-state index in [2.05, 4.69) is 6.07 Å². The fourth-order valence-corrected chi connectivity index (χ4v) is 4.73. The van der Waals surface area contributed by atoms with E-state index >= 15 is 0 Å². The standard InChI is InChI=1S/C24H24N2O4/c1-29-21-8-7-20(11-22(21)30-14-16-5-3-2-4-6-16)24(15-25)12-18-9-17(23(27)26-28)10-19(18)13-24/h2-9,11,18-19,28H,10,12-14H2,1H3,(H,26,27)/t18-,19+,24-/m1/s1. The highest BCUT2D eigenvalue weighted by Crippen LogP contribution is 2.53. The molecule has 1 fully saturated rings. The molecular weight excluding hydrogens is 380 g/mol. The summed E-state index contributed by atoms with van der Waals surface area (Å²) in [5, 5.41) is 19.0. The zero-order chi connectivity index (χ0) is 21.1. The molecule has 0 bridgehead atoms. The lowest BCUT2D eigenvalue weighted by atomic mass is 9.78. The molecule has 2 N–H and O–H groups in total. The Labute approximate surface area is 175 Å². The summed E-state index contributed by atoms with van der Waals surface area (Å²) in [6.45, 7) is 0.411. The molecule has 154 valence electrons. The van der Waals surface area contributed by atoms with Crippen molar-refractivity contribution in [1.82, 2.24) is 5.48 Å². The van der Waals surface area contributed by atoms with Gasteiger partial charge in [-0.15, -0.1) is 0 Å². The van der Waals surface area contributed by atoms with Crippen LogP contribution in [0.4, 0.5) is 0 Å². The summed E-state index contributed by atoms with van der Waals surface area (Å²) in [5.41, 5.74) is 3.63. The van der Waals surface area contributed by atoms with Gasteiger partial charge in [0.05, 0.1) is 18.6 Å². The van der Waals surface area contributed by atoms with Crippen LogP contribution < -0.4 is 15.0 Å². The minimum atomic E-state index is -0.635. The molecule has 1 amide bonds. The van der Waals surface area contributed by atoms with Crippen LogP contribution >= 0.6 is 0 Å². The summed E-state index contributed by atoms with van der Waals surface area (Å²) in [6, 6.07) is 18.1. The molecule has 2 aliphatic carbocycles. The van der Waals surface area contributed by atoms with Crippen LogP contribution in [-0.2, 0) is 16.8 Å². The average Bonchev–Trinajstić information content (AvgIpc) is 3.34. The van der Waals surface area contributed by atoms with Gasteiger partial charge in [0.15, 0.2) is 11.5 Å². The summed E-state index contributed by atoms with van der Waals surface area (Å²) in [6.07, 6.45) is 3.79. The number of benzene rings is 2. The van der Waals surface area contributed by atoms with E-state index in [4.69, 9.17) is 14.7 Å². The Morgan fingerprint density at radius 1 is 1.23 bits per heavy atom. The van der Waals surface area contributed by atoms with Crippen LogP contribution in [0.5, 0.6) is 11.5 Å². The van der Waals surface area contributed by atoms with E-state index in [9.17, 15) is 10.1 Å². The number of carbonyl (C=O) groups is 1. The minimum Gasteiger partial charge on any atom is -0.493 e. The zero-order valence-corrected chi connectivity index (χ0v) is 16.8. The van der Waals surface area contributed by atoms with Gasteiger partial charge < -0.3 is 9.47 Å². The van der Waals surface area contributed by atoms with Gasteiger partial charge in [0.1, 0.15) is 6.61 Å². The third-order valence-electron chi connectivity index (χ3n) is 6.26. The number of allylic oxidation sites excluding steroid dienone is 1. The maximum absolute atomic E-state index is 11.7. The molecule has 0 radical (unpaired) electrons. The summed E-state index contributed by atoms with van der Waals surface area (Å²) in [5.74, 6) is 1.15. The largest absolute Gasteiger partial charge is 0.493 e. The normalized spacial score (nSPS) is 24.5. The van der Waals surface area contributed by atoms with Gasteiger partial charge in [-0.2, -0.15) is 5.26 Å². The topological polar surface area (TPSA) is 91.6 Å². The molecule has 0 unspecified atom stereocenters. The van der Waals surface area contributed by atoms with E-state index in [-0.39, 0.29) is 11.8 Å². The number of nitrogens with zero attached hydrogens (tertiary/aromatic N) is 1. The third kappa shape index (κ3) is 3.64. The number of amides is 1. The Morgan fingerprint density at radius 3 is 2.70 bits per heavy atom. The smallest absolute Gasteiger partial charge is 0.270 e. The Morgan fingerprint density at radius 2 is 2.03 bits per heavy atom. The summed E-state index contributed by atoms with van der Waals surface area (Å²) in [7, 11) is 1.60. The fourth-order valence-electron chi connectivity index (χ4n) is 4.73. The molecule has 6 heteroatoms. The number of fused-ring (bicyclic) bond motifs is 1. The number of hydrogen-bond donors (Lipinski definition) is 2. The number of methoxy groups -OCH3 is 1. The van der Waals surface area contributed by atoms with Gasteiger partial charge in [-0.05, 0) is 54.4 Å². The molecule has 1 saturated carbocycles. The number of hydrogen-bond acceptors (Lipinski definition) is 5. The predicted octanol–water partition coefficient (Wildman–Crippen LogP) is 3.90. The van der Waals surface area contributed by atoms with Crippen LogP contribution in [0.1, 0.15) is 30.4 Å². The van der Waals surface area contributed by atoms with Crippen LogP contribution in [-0.4, -0.2) is 18.2 Å². The first-order valence-electron chi connectivity index (χ1n) is 10.00. The van der Waals surface area contributed by atoms with Crippen molar-refractivity contribution < 1.29 is 19.5 Å². The van der Waals surface area contributed by atoms with Crippen molar-refractivity contribution in [1.29, 1.82) is 5.26 Å². The molecule has 6 nitrogen and oxygen atoms in total. The lowest BCUT2D eigenvalue weighted by Crippen LogP contribution is -2.23. The van der Waals surface area contributed by atoms with E-state index in [1.165, 1.54) is 0 Å². The highest BCUT2D eigenvalue weighted by atomic mass is 16.5. The lowest BCUT2D eigenvalue weighted by molar-refractivity contribution is -0.125. The quantitative estimate of drug-likeness (QED) is 0.563. The fraction of sp³-hybridized carbons (Fsp3) is 0.333. The van der Waals surface area contributed by atoms with Crippen molar-refractivity contribution >= 4 is 5.91 Å². The number of rotatable bonds is 6. The predicted molar refractivity (Wildman–Crippen MR) is 110 cm³/mol. The number of nitrogens with one attached hydrogen (secondary N) is 1. The van der Waals surface area contributed by atoms with Gasteiger partial charge in [0.2, 0.25) is 0 Å². The molecule has 2 aromatic rings. The van der Waals surface area contributed by atoms with Crippen LogP contribution in [0.15, 0.2) is 60.2 Å². The number of nitriles is 1. The molecule has 0 spiro atoms. The Hall–Kier alpha value is -3.30. The number of carbonyl (C=O) groups excluding carboxylic acids is 1. The molecule has 3 atom stereocenters. The molecule has 2 aromatic carbocycles. The van der Waals surface area contributed by atoms with Crippen molar-refractivity contribution in [3.63, 3.8) is 0 Å².